The van der Waals surface area contributed by atoms with Crippen molar-refractivity contribution in [3.05, 3.63) is 60.7 Å². The minimum atomic E-state index is 0.959. The number of hydrogen-bond acceptors (Lipinski definition) is 5. The zero-order valence-electron chi connectivity index (χ0n) is 11.7. The molecule has 1 heterocycles. The van der Waals surface area contributed by atoms with Gasteiger partial charge < -0.3 is 15.5 Å². The third-order valence-electron chi connectivity index (χ3n) is 1.70. The molecule has 2 aromatic rings. The second-order valence-corrected chi connectivity index (χ2v) is 2.92. The summed E-state index contributed by atoms with van der Waals surface area (Å²) in [5.41, 5.74) is 1.33. The lowest BCUT2D eigenvalue weighted by Crippen LogP contribution is -2.04. The molecule has 19 heavy (non-hydrogen) atoms. The summed E-state index contributed by atoms with van der Waals surface area (Å²) in [4.78, 5) is 7.35. The summed E-state index contributed by atoms with van der Waals surface area (Å²) in [7, 11) is 3.95. The molecule has 0 saturated heterocycles. The number of aliphatic hydroxyl groups excluding tert-OH is 2. The molecule has 0 aliphatic heterocycles. The molecule has 0 bridgehead atoms. The van der Waals surface area contributed by atoms with Gasteiger partial charge in [0, 0.05) is 33.2 Å². The minimum absolute atomic E-state index is 0.959. The van der Waals surface area contributed by atoms with Gasteiger partial charge >= 0.3 is 0 Å². The molecule has 0 radical (unpaired) electrons. The van der Waals surface area contributed by atoms with E-state index in [2.05, 4.69) is 27.4 Å². The summed E-state index contributed by atoms with van der Waals surface area (Å²) < 4.78 is 0. The topological polar surface area (TPSA) is 78.3 Å². The highest BCUT2D eigenvalue weighted by atomic mass is 16.2. The number of benzene rings is 1. The number of aromatic nitrogens is 2. The van der Waals surface area contributed by atoms with Crippen LogP contribution in [0.1, 0.15) is 5.56 Å². The molecule has 0 spiro atoms. The molecular formula is C14H23N3O2. The van der Waals surface area contributed by atoms with Crippen molar-refractivity contribution in [1.29, 1.82) is 0 Å². The maximum Gasteiger partial charge on any atom is 0.115 e. The third-order valence-corrected chi connectivity index (χ3v) is 1.70. The molecule has 3 N–H and O–H groups in total. The minimum Gasteiger partial charge on any atom is -0.400 e. The molecule has 1 aromatic carbocycles. The first kappa shape index (κ1) is 19.5. The van der Waals surface area contributed by atoms with Gasteiger partial charge in [-0.15, -0.1) is 0 Å². The van der Waals surface area contributed by atoms with Crippen molar-refractivity contribution in [2.75, 3.05) is 21.3 Å². The molecule has 0 fully saturated rings. The highest BCUT2D eigenvalue weighted by Crippen LogP contribution is 1.95. The van der Waals surface area contributed by atoms with Crippen LogP contribution >= 0.6 is 0 Å². The van der Waals surface area contributed by atoms with Crippen LogP contribution in [0.3, 0.4) is 0 Å². The van der Waals surface area contributed by atoms with Gasteiger partial charge in [-0.25, -0.2) is 9.97 Å². The van der Waals surface area contributed by atoms with Crippen LogP contribution < -0.4 is 5.32 Å². The van der Waals surface area contributed by atoms with Crippen LogP contribution in [0.15, 0.2) is 55.1 Å². The summed E-state index contributed by atoms with van der Waals surface area (Å²) >= 11 is 0. The van der Waals surface area contributed by atoms with E-state index in [0.717, 1.165) is 20.8 Å². The standard InChI is InChI=1S/C8H11N.C4H4N2.2CH4O/c1-9-7-8-5-3-2-4-6-8;1-2-5-4-6-3-1;2*1-2/h2-6,9H,7H2,1H3;1-4H;2*2H,1H3. The Labute approximate surface area is 115 Å². The van der Waals surface area contributed by atoms with Crippen molar-refractivity contribution in [1.82, 2.24) is 15.3 Å². The van der Waals surface area contributed by atoms with Crippen LogP contribution in [0.5, 0.6) is 0 Å². The predicted molar refractivity (Wildman–Crippen MR) is 77.5 cm³/mol. The lowest BCUT2D eigenvalue weighted by molar-refractivity contribution is 0.399. The average molecular weight is 265 g/mol. The Balaban J connectivity index is 0. The SMILES string of the molecule is CNCc1ccccc1.CO.CO.c1cncnc1. The fourth-order valence-corrected chi connectivity index (χ4v) is 1.05. The Bertz CT molecular complexity index is 318. The highest BCUT2D eigenvalue weighted by Gasteiger charge is 1.83. The number of aliphatic hydroxyl groups is 2. The van der Waals surface area contributed by atoms with Gasteiger partial charge in [0.25, 0.3) is 0 Å². The van der Waals surface area contributed by atoms with Crippen LogP contribution in [0.25, 0.3) is 0 Å². The van der Waals surface area contributed by atoms with Crippen molar-refractivity contribution in [2.24, 2.45) is 0 Å². The Hall–Kier alpha value is -1.82. The van der Waals surface area contributed by atoms with Crippen molar-refractivity contribution >= 4 is 0 Å². The first-order chi connectivity index (χ1) is 9.43. The lowest BCUT2D eigenvalue weighted by Gasteiger charge is -1.95. The molecule has 1 aromatic heterocycles. The Morgan fingerprint density at radius 1 is 0.895 bits per heavy atom. The van der Waals surface area contributed by atoms with Crippen LogP contribution in [-0.2, 0) is 6.54 Å². The summed E-state index contributed by atoms with van der Waals surface area (Å²) in [6.07, 6.45) is 4.88. The van der Waals surface area contributed by atoms with Crippen LogP contribution in [0, 0.1) is 0 Å². The molecular weight excluding hydrogens is 242 g/mol. The van der Waals surface area contributed by atoms with E-state index in [1.807, 2.05) is 25.2 Å². The maximum atomic E-state index is 7.00. The van der Waals surface area contributed by atoms with Crippen molar-refractivity contribution < 1.29 is 10.2 Å². The van der Waals surface area contributed by atoms with Crippen molar-refractivity contribution in [3.8, 4) is 0 Å². The van der Waals surface area contributed by atoms with E-state index in [1.54, 1.807) is 18.5 Å². The second kappa shape index (κ2) is 18.5. The first-order valence-electron chi connectivity index (χ1n) is 5.71. The molecule has 0 unspecified atom stereocenters. The summed E-state index contributed by atoms with van der Waals surface area (Å²) in [6, 6.07) is 12.1. The molecule has 0 aliphatic rings. The average Bonchev–Trinajstić information content (AvgIpc) is 2.55. The number of rotatable bonds is 2. The first-order valence-corrected chi connectivity index (χ1v) is 5.71. The van der Waals surface area contributed by atoms with E-state index in [4.69, 9.17) is 10.2 Å². The zero-order valence-corrected chi connectivity index (χ0v) is 11.7. The normalized spacial score (nSPS) is 7.63. The number of nitrogens with zero attached hydrogens (tertiary/aromatic N) is 2. The largest absolute Gasteiger partial charge is 0.400 e. The molecule has 5 heteroatoms. The van der Waals surface area contributed by atoms with Crippen LogP contribution in [0.2, 0.25) is 0 Å². The fraction of sp³-hybridized carbons (Fsp3) is 0.286. The fourth-order valence-electron chi connectivity index (χ4n) is 1.05. The smallest absolute Gasteiger partial charge is 0.115 e. The summed E-state index contributed by atoms with van der Waals surface area (Å²) in [5.74, 6) is 0. The van der Waals surface area contributed by atoms with Crippen molar-refractivity contribution in [2.45, 2.75) is 6.54 Å². The van der Waals surface area contributed by atoms with Gasteiger partial charge in [-0.05, 0) is 18.7 Å². The van der Waals surface area contributed by atoms with Gasteiger partial charge in [-0.1, -0.05) is 30.3 Å². The molecule has 2 rings (SSSR count). The van der Waals surface area contributed by atoms with E-state index in [1.165, 1.54) is 11.9 Å². The predicted octanol–water partition coefficient (Wildman–Crippen LogP) is 1.10. The molecule has 0 atom stereocenters. The third kappa shape index (κ3) is 14.1. The molecule has 0 aliphatic carbocycles. The van der Waals surface area contributed by atoms with Crippen LogP contribution in [-0.4, -0.2) is 41.4 Å². The van der Waals surface area contributed by atoms with Crippen LogP contribution in [0.4, 0.5) is 0 Å². The Morgan fingerprint density at radius 3 is 1.74 bits per heavy atom. The second-order valence-electron chi connectivity index (χ2n) is 2.92. The molecule has 0 saturated carbocycles. The van der Waals surface area contributed by atoms with E-state index in [-0.39, 0.29) is 0 Å². The monoisotopic (exact) mass is 265 g/mol. The Kier molecular flexibility index (Phi) is 19.0. The lowest BCUT2D eigenvalue weighted by atomic mass is 10.2. The van der Waals surface area contributed by atoms with E-state index >= 15 is 0 Å². The maximum absolute atomic E-state index is 7.00. The van der Waals surface area contributed by atoms with E-state index in [0.29, 0.717) is 0 Å². The number of nitrogens with one attached hydrogen (secondary N) is 1. The molecule has 0 amide bonds. The number of hydrogen-bond donors (Lipinski definition) is 3. The van der Waals surface area contributed by atoms with Gasteiger partial charge in [0.15, 0.2) is 0 Å². The Morgan fingerprint density at radius 2 is 1.42 bits per heavy atom. The summed E-state index contributed by atoms with van der Waals surface area (Å²) in [6.45, 7) is 0.959. The van der Waals surface area contributed by atoms with E-state index in [9.17, 15) is 0 Å². The quantitative estimate of drug-likeness (QED) is 0.758. The van der Waals surface area contributed by atoms with Gasteiger partial charge in [0.2, 0.25) is 0 Å². The van der Waals surface area contributed by atoms with E-state index < -0.39 is 0 Å². The van der Waals surface area contributed by atoms with Gasteiger partial charge in [-0.3, -0.25) is 0 Å². The van der Waals surface area contributed by atoms with Gasteiger partial charge in [0.05, 0.1) is 0 Å². The van der Waals surface area contributed by atoms with Crippen molar-refractivity contribution in [3.63, 3.8) is 0 Å². The summed E-state index contributed by atoms with van der Waals surface area (Å²) in [5, 5.41) is 17.1. The van der Waals surface area contributed by atoms with Gasteiger partial charge in [-0.2, -0.15) is 0 Å². The molecule has 106 valence electrons. The molecule has 5 nitrogen and oxygen atoms in total. The zero-order chi connectivity index (χ0) is 14.8. The highest BCUT2D eigenvalue weighted by molar-refractivity contribution is 5.13. The van der Waals surface area contributed by atoms with Gasteiger partial charge in [0.1, 0.15) is 6.33 Å².